The Kier molecular flexibility index (Phi) is 5.19. The molecule has 3 nitrogen and oxygen atoms in total. The van der Waals surface area contributed by atoms with Crippen molar-refractivity contribution in [2.45, 2.75) is 33.1 Å². The molecule has 0 fully saturated rings. The third-order valence-electron chi connectivity index (χ3n) is 5.36. The van der Waals surface area contributed by atoms with Crippen LogP contribution in [0.25, 0.3) is 0 Å². The fourth-order valence-electron chi connectivity index (χ4n) is 3.57. The molecule has 3 aromatic rings. The van der Waals surface area contributed by atoms with E-state index in [1.54, 1.807) is 18.2 Å². The van der Waals surface area contributed by atoms with E-state index in [1.165, 1.54) is 13.8 Å². The zero-order chi connectivity index (χ0) is 20.5. The largest absolute Gasteiger partial charge is 0.508 e. The molecule has 0 aliphatic heterocycles. The van der Waals surface area contributed by atoms with Crippen molar-refractivity contribution in [3.8, 4) is 5.75 Å². The first-order valence-electron chi connectivity index (χ1n) is 9.26. The Morgan fingerprint density at radius 3 is 1.82 bits per heavy atom. The summed E-state index contributed by atoms with van der Waals surface area (Å²) in [6.07, 6.45) is 0. The van der Waals surface area contributed by atoms with Crippen molar-refractivity contribution in [3.05, 3.63) is 100 Å². The van der Waals surface area contributed by atoms with E-state index in [0.29, 0.717) is 11.1 Å². The third-order valence-corrected chi connectivity index (χ3v) is 5.36. The van der Waals surface area contributed by atoms with Gasteiger partial charge in [-0.05, 0) is 74.7 Å². The molecule has 0 spiro atoms. The second-order valence-corrected chi connectivity index (χ2v) is 7.45. The van der Waals surface area contributed by atoms with Crippen LogP contribution < -0.4 is 0 Å². The molecule has 0 amide bonds. The van der Waals surface area contributed by atoms with E-state index in [4.69, 9.17) is 0 Å². The summed E-state index contributed by atoms with van der Waals surface area (Å²) < 4.78 is 0. The monoisotopic (exact) mass is 372 g/mol. The quantitative estimate of drug-likeness (QED) is 0.478. The first-order chi connectivity index (χ1) is 13.2. The summed E-state index contributed by atoms with van der Waals surface area (Å²) in [4.78, 5) is 24.3. The average molecular weight is 372 g/mol. The first kappa shape index (κ1) is 19.6. The molecule has 1 atom stereocenters. The zero-order valence-corrected chi connectivity index (χ0v) is 16.6. The van der Waals surface area contributed by atoms with Gasteiger partial charge in [0.15, 0.2) is 11.6 Å². The van der Waals surface area contributed by atoms with Crippen molar-refractivity contribution < 1.29 is 14.7 Å². The number of aryl methyl sites for hydroxylation is 1. The van der Waals surface area contributed by atoms with Crippen LogP contribution in [-0.2, 0) is 5.41 Å². The van der Waals surface area contributed by atoms with Crippen molar-refractivity contribution in [3.63, 3.8) is 0 Å². The molecule has 0 radical (unpaired) electrons. The lowest BCUT2D eigenvalue weighted by Crippen LogP contribution is -2.26. The van der Waals surface area contributed by atoms with Gasteiger partial charge in [-0.3, -0.25) is 9.59 Å². The van der Waals surface area contributed by atoms with Crippen molar-refractivity contribution in [2.75, 3.05) is 0 Å². The maximum atomic E-state index is 12.1. The smallest absolute Gasteiger partial charge is 0.159 e. The minimum Gasteiger partial charge on any atom is -0.508 e. The van der Waals surface area contributed by atoms with Crippen LogP contribution in [0.5, 0.6) is 5.75 Å². The maximum absolute atomic E-state index is 12.1. The first-order valence-corrected chi connectivity index (χ1v) is 9.26. The second-order valence-electron chi connectivity index (χ2n) is 7.45. The van der Waals surface area contributed by atoms with Crippen LogP contribution in [0.15, 0.2) is 66.7 Å². The Morgan fingerprint density at radius 2 is 1.32 bits per heavy atom. The van der Waals surface area contributed by atoms with Gasteiger partial charge in [-0.25, -0.2) is 0 Å². The predicted octanol–water partition coefficient (Wildman–Crippen LogP) is 5.46. The molecule has 3 rings (SSSR count). The number of aromatic hydroxyl groups is 1. The molecule has 0 aliphatic carbocycles. The van der Waals surface area contributed by atoms with Gasteiger partial charge in [-0.1, -0.05) is 42.0 Å². The SMILES string of the molecule is CC(=O)c1cc(C(C)=O)cc(C(C)(c2ccc(O)cc2)c2cccc(C)c2)c1. The van der Waals surface area contributed by atoms with E-state index in [0.717, 1.165) is 22.3 Å². The third kappa shape index (κ3) is 3.61. The fraction of sp³-hybridized carbons (Fsp3) is 0.200. The molecule has 0 aromatic heterocycles. The summed E-state index contributed by atoms with van der Waals surface area (Å²) in [5.74, 6) is 0.0283. The Hall–Kier alpha value is -3.20. The molecule has 3 aromatic carbocycles. The van der Waals surface area contributed by atoms with E-state index in [9.17, 15) is 14.7 Å². The van der Waals surface area contributed by atoms with Gasteiger partial charge < -0.3 is 5.11 Å². The van der Waals surface area contributed by atoms with Gasteiger partial charge >= 0.3 is 0 Å². The maximum Gasteiger partial charge on any atom is 0.159 e. The van der Waals surface area contributed by atoms with Gasteiger partial charge in [0.05, 0.1) is 0 Å². The molecule has 0 aliphatic rings. The molecule has 1 unspecified atom stereocenters. The lowest BCUT2D eigenvalue weighted by Gasteiger charge is -2.33. The Morgan fingerprint density at radius 1 is 0.750 bits per heavy atom. The van der Waals surface area contributed by atoms with Crippen LogP contribution in [0.2, 0.25) is 0 Å². The van der Waals surface area contributed by atoms with E-state index in [1.807, 2.05) is 49.4 Å². The van der Waals surface area contributed by atoms with Crippen molar-refractivity contribution in [1.29, 1.82) is 0 Å². The van der Waals surface area contributed by atoms with Gasteiger partial charge in [0.25, 0.3) is 0 Å². The minimum absolute atomic E-state index is 0.0818. The fourth-order valence-corrected chi connectivity index (χ4v) is 3.57. The van der Waals surface area contributed by atoms with Gasteiger partial charge in [0.1, 0.15) is 5.75 Å². The van der Waals surface area contributed by atoms with Crippen LogP contribution in [0, 0.1) is 6.92 Å². The molecule has 0 saturated carbocycles. The topological polar surface area (TPSA) is 54.4 Å². The minimum atomic E-state index is -0.602. The summed E-state index contributed by atoms with van der Waals surface area (Å²) in [7, 11) is 0. The van der Waals surface area contributed by atoms with Gasteiger partial charge in [0, 0.05) is 16.5 Å². The van der Waals surface area contributed by atoms with Crippen LogP contribution in [0.4, 0.5) is 0 Å². The second kappa shape index (κ2) is 7.43. The van der Waals surface area contributed by atoms with E-state index in [2.05, 4.69) is 13.0 Å². The number of rotatable bonds is 5. The molecule has 28 heavy (non-hydrogen) atoms. The highest BCUT2D eigenvalue weighted by molar-refractivity contribution is 6.00. The normalized spacial score (nSPS) is 13.0. The molecule has 0 saturated heterocycles. The number of benzene rings is 3. The molecular formula is C25H24O3. The Balaban J connectivity index is 2.36. The molecule has 3 heteroatoms. The highest BCUT2D eigenvalue weighted by atomic mass is 16.3. The summed E-state index contributed by atoms with van der Waals surface area (Å²) in [5.41, 5.74) is 4.42. The van der Waals surface area contributed by atoms with E-state index >= 15 is 0 Å². The Bertz CT molecular complexity index is 1020. The zero-order valence-electron chi connectivity index (χ0n) is 16.6. The number of hydrogen-bond donors (Lipinski definition) is 1. The number of hydrogen-bond acceptors (Lipinski definition) is 3. The van der Waals surface area contributed by atoms with Crippen LogP contribution in [0.1, 0.15) is 63.7 Å². The molecular weight excluding hydrogens is 348 g/mol. The highest BCUT2D eigenvalue weighted by Gasteiger charge is 2.32. The van der Waals surface area contributed by atoms with Gasteiger partial charge in [-0.2, -0.15) is 0 Å². The number of carbonyl (C=O) groups excluding carboxylic acids is 2. The number of phenols is 1. The average Bonchev–Trinajstić information content (AvgIpc) is 2.67. The summed E-state index contributed by atoms with van der Waals surface area (Å²) in [6.45, 7) is 7.13. The number of phenolic OH excluding ortho intramolecular Hbond substituents is 1. The lowest BCUT2D eigenvalue weighted by molar-refractivity contribution is 0.101. The Labute approximate surface area is 165 Å². The molecule has 0 heterocycles. The molecule has 1 N–H and O–H groups in total. The number of carbonyl (C=O) groups is 2. The predicted molar refractivity (Wildman–Crippen MR) is 111 cm³/mol. The summed E-state index contributed by atoms with van der Waals surface area (Å²) >= 11 is 0. The van der Waals surface area contributed by atoms with Crippen LogP contribution >= 0.6 is 0 Å². The molecule has 142 valence electrons. The standard InChI is InChI=1S/C25H24O3/c1-16-6-5-7-22(12-16)25(4,21-8-10-24(28)11-9-21)23-14-19(17(2)26)13-20(15-23)18(3)27/h5-15,28H,1-4H3. The summed E-state index contributed by atoms with van der Waals surface area (Å²) in [6, 6.07) is 20.7. The van der Waals surface area contributed by atoms with Crippen molar-refractivity contribution >= 4 is 11.6 Å². The van der Waals surface area contributed by atoms with Gasteiger partial charge in [-0.15, -0.1) is 0 Å². The number of Topliss-reactive ketones (excluding diaryl/α,β-unsaturated/α-hetero) is 2. The van der Waals surface area contributed by atoms with Crippen molar-refractivity contribution in [1.82, 2.24) is 0 Å². The van der Waals surface area contributed by atoms with E-state index < -0.39 is 5.41 Å². The number of ketones is 2. The van der Waals surface area contributed by atoms with Crippen LogP contribution in [0.3, 0.4) is 0 Å². The summed E-state index contributed by atoms with van der Waals surface area (Å²) in [5, 5.41) is 9.75. The van der Waals surface area contributed by atoms with E-state index in [-0.39, 0.29) is 17.3 Å². The lowest BCUT2D eigenvalue weighted by atomic mass is 9.70. The highest BCUT2D eigenvalue weighted by Crippen LogP contribution is 2.40. The van der Waals surface area contributed by atoms with Crippen LogP contribution in [-0.4, -0.2) is 16.7 Å². The molecule has 0 bridgehead atoms. The van der Waals surface area contributed by atoms with Gasteiger partial charge in [0.2, 0.25) is 0 Å². The van der Waals surface area contributed by atoms with Crippen molar-refractivity contribution in [2.24, 2.45) is 0 Å².